The van der Waals surface area contributed by atoms with Gasteiger partial charge >= 0.3 is 0 Å². The van der Waals surface area contributed by atoms with Crippen molar-refractivity contribution >= 4 is 26.5 Å². The van der Waals surface area contributed by atoms with Crippen molar-refractivity contribution in [3.8, 4) is 0 Å². The van der Waals surface area contributed by atoms with Gasteiger partial charge in [-0.15, -0.1) is 0 Å². The van der Waals surface area contributed by atoms with Crippen LogP contribution < -0.4 is 0 Å². The molecule has 0 aliphatic carbocycles. The average Bonchev–Trinajstić information content (AvgIpc) is 3.03. The van der Waals surface area contributed by atoms with Gasteiger partial charge in [0.15, 0.2) is 9.84 Å². The summed E-state index contributed by atoms with van der Waals surface area (Å²) in [5.41, 5.74) is 0.613. The second-order valence-corrected chi connectivity index (χ2v) is 10.4. The summed E-state index contributed by atoms with van der Waals surface area (Å²) in [5.74, 6) is -0.0904. The van der Waals surface area contributed by atoms with Crippen LogP contribution in [0.1, 0.15) is 37.6 Å². The largest absolute Gasteiger partial charge is 0.337 e. The summed E-state index contributed by atoms with van der Waals surface area (Å²) in [5, 5.41) is 1.63. The Kier molecular flexibility index (Phi) is 4.16. The summed E-state index contributed by atoms with van der Waals surface area (Å²) in [7, 11) is -3.25. The number of rotatable bonds is 2. The topological polar surface area (TPSA) is 54.5 Å². The van der Waals surface area contributed by atoms with Crippen molar-refractivity contribution in [1.29, 1.82) is 0 Å². The van der Waals surface area contributed by atoms with E-state index in [2.05, 4.69) is 0 Å². The van der Waals surface area contributed by atoms with Crippen molar-refractivity contribution < 1.29 is 13.2 Å². The van der Waals surface area contributed by atoms with Gasteiger partial charge in [-0.05, 0) is 50.1 Å². The average molecular weight is 345 g/mol. The summed E-state index contributed by atoms with van der Waals surface area (Å²) < 4.78 is 24.4. The monoisotopic (exact) mass is 345 g/mol. The van der Waals surface area contributed by atoms with Crippen molar-refractivity contribution in [1.82, 2.24) is 4.90 Å². The Morgan fingerprint density at radius 3 is 2.42 bits per heavy atom. The highest BCUT2D eigenvalue weighted by molar-refractivity contribution is 7.93. The molecule has 0 aromatic heterocycles. The molecule has 0 unspecified atom stereocenters. The van der Waals surface area contributed by atoms with E-state index in [1.54, 1.807) is 25.7 Å². The molecule has 5 heteroatoms. The highest BCUT2D eigenvalue weighted by Crippen LogP contribution is 2.28. The number of benzene rings is 2. The Labute approximate surface area is 143 Å². The van der Waals surface area contributed by atoms with E-state index in [9.17, 15) is 13.2 Å². The molecule has 2 aromatic rings. The van der Waals surface area contributed by atoms with Gasteiger partial charge in [0.1, 0.15) is 0 Å². The van der Waals surface area contributed by atoms with E-state index < -0.39 is 19.8 Å². The van der Waals surface area contributed by atoms with Crippen LogP contribution in [-0.4, -0.2) is 42.3 Å². The fourth-order valence-electron chi connectivity index (χ4n) is 3.17. The minimum absolute atomic E-state index is 0.0904. The second-order valence-electron chi connectivity index (χ2n) is 7.38. The number of hydrogen-bond donors (Lipinski definition) is 0. The maximum atomic E-state index is 12.7. The van der Waals surface area contributed by atoms with Gasteiger partial charge in [0.2, 0.25) is 0 Å². The molecule has 1 saturated heterocycles. The highest BCUT2D eigenvalue weighted by Gasteiger charge is 2.41. The third kappa shape index (κ3) is 2.93. The first-order valence-electron chi connectivity index (χ1n) is 8.22. The Morgan fingerprint density at radius 2 is 1.75 bits per heavy atom. The number of amides is 1. The van der Waals surface area contributed by atoms with Gasteiger partial charge in [0, 0.05) is 18.7 Å². The lowest BCUT2D eigenvalue weighted by Gasteiger charge is -2.24. The maximum absolute atomic E-state index is 12.7. The van der Waals surface area contributed by atoms with Crippen molar-refractivity contribution in [2.45, 2.75) is 37.2 Å². The van der Waals surface area contributed by atoms with Gasteiger partial charge in [-0.1, -0.05) is 30.3 Å². The van der Waals surface area contributed by atoms with Crippen LogP contribution in [0.5, 0.6) is 0 Å². The molecular formula is C19H23NO3S. The molecular weight excluding hydrogens is 322 g/mol. The second kappa shape index (κ2) is 5.88. The normalized spacial score (nSPS) is 19.0. The zero-order valence-electron chi connectivity index (χ0n) is 14.3. The van der Waals surface area contributed by atoms with E-state index in [0.717, 1.165) is 10.8 Å². The third-order valence-corrected chi connectivity index (χ3v) is 7.69. The number of carbonyl (C=O) groups is 1. The molecule has 0 saturated carbocycles. The predicted molar refractivity (Wildman–Crippen MR) is 96.9 cm³/mol. The summed E-state index contributed by atoms with van der Waals surface area (Å²) in [4.78, 5) is 14.4. The first-order chi connectivity index (χ1) is 11.2. The molecule has 0 radical (unpaired) electrons. The molecule has 1 amide bonds. The molecule has 1 heterocycles. The number of fused-ring (bicyclic) bond motifs is 1. The fourth-order valence-corrected chi connectivity index (χ4v) is 4.96. The van der Waals surface area contributed by atoms with E-state index >= 15 is 0 Å². The summed E-state index contributed by atoms with van der Waals surface area (Å²) in [6.07, 6.45) is 0.513. The quantitative estimate of drug-likeness (QED) is 0.839. The lowest BCUT2D eigenvalue weighted by molar-refractivity contribution is 0.0793. The smallest absolute Gasteiger partial charge is 0.253 e. The lowest BCUT2D eigenvalue weighted by atomic mass is 10.1. The van der Waals surface area contributed by atoms with Crippen molar-refractivity contribution in [3.63, 3.8) is 0 Å². The first kappa shape index (κ1) is 17.0. The van der Waals surface area contributed by atoms with E-state index in [4.69, 9.17) is 0 Å². The molecule has 3 rings (SSSR count). The molecule has 1 atom stereocenters. The number of hydrogen-bond acceptors (Lipinski definition) is 3. The summed E-state index contributed by atoms with van der Waals surface area (Å²) in [6.45, 7) is 5.93. The number of likely N-dealkylation sites (tertiary alicyclic amines) is 1. The van der Waals surface area contributed by atoms with Crippen LogP contribution in [0.2, 0.25) is 0 Å². The van der Waals surface area contributed by atoms with Gasteiger partial charge in [0.25, 0.3) is 5.91 Å². The number of nitrogens with zero attached hydrogens (tertiary/aromatic N) is 1. The summed E-state index contributed by atoms with van der Waals surface area (Å²) >= 11 is 0. The van der Waals surface area contributed by atoms with Gasteiger partial charge in [-0.2, -0.15) is 0 Å². The summed E-state index contributed by atoms with van der Waals surface area (Å²) in [6, 6.07) is 13.5. The highest BCUT2D eigenvalue weighted by atomic mass is 32.2. The van der Waals surface area contributed by atoms with Crippen molar-refractivity contribution in [3.05, 3.63) is 48.0 Å². The minimum atomic E-state index is -3.25. The molecule has 0 N–H and O–H groups in total. The standard InChI is InChI=1S/C19H23NO3S/c1-19(2,3)24(22,23)17-10-11-20(13-17)18(21)16-9-8-14-6-4-5-7-15(14)12-16/h4-9,12,17H,10-11,13H2,1-3H3/t17-/m0/s1. The Balaban J connectivity index is 1.81. The minimum Gasteiger partial charge on any atom is -0.337 e. The van der Waals surface area contributed by atoms with Crippen LogP contribution in [0.4, 0.5) is 0 Å². The zero-order chi connectivity index (χ0) is 17.5. The van der Waals surface area contributed by atoms with Crippen molar-refractivity contribution in [2.24, 2.45) is 0 Å². The number of sulfone groups is 1. The predicted octanol–water partition coefficient (Wildman–Crippen LogP) is 3.27. The van der Waals surface area contributed by atoms with Crippen LogP contribution in [0, 0.1) is 0 Å². The van der Waals surface area contributed by atoms with Gasteiger partial charge in [0.05, 0.1) is 10.00 Å². The van der Waals surface area contributed by atoms with Gasteiger partial charge in [-0.3, -0.25) is 4.79 Å². The Morgan fingerprint density at radius 1 is 1.08 bits per heavy atom. The van der Waals surface area contributed by atoms with Crippen LogP contribution in [0.3, 0.4) is 0 Å². The first-order valence-corrected chi connectivity index (χ1v) is 9.76. The molecule has 128 valence electrons. The molecule has 0 bridgehead atoms. The lowest BCUT2D eigenvalue weighted by Crippen LogP contribution is -2.39. The van der Waals surface area contributed by atoms with Gasteiger partial charge < -0.3 is 4.90 Å². The molecule has 4 nitrogen and oxygen atoms in total. The van der Waals surface area contributed by atoms with Crippen LogP contribution in [0.25, 0.3) is 10.8 Å². The van der Waals surface area contributed by atoms with Crippen LogP contribution >= 0.6 is 0 Å². The van der Waals surface area contributed by atoms with Crippen LogP contribution in [-0.2, 0) is 9.84 Å². The Bertz CT molecular complexity index is 881. The molecule has 0 spiro atoms. The van der Waals surface area contributed by atoms with E-state index in [1.807, 2.05) is 42.5 Å². The SMILES string of the molecule is CC(C)(C)S(=O)(=O)[C@H]1CCN(C(=O)c2ccc3ccccc3c2)C1. The third-order valence-electron chi connectivity index (χ3n) is 4.72. The number of carbonyl (C=O) groups excluding carboxylic acids is 1. The maximum Gasteiger partial charge on any atom is 0.253 e. The Hall–Kier alpha value is -1.88. The van der Waals surface area contributed by atoms with E-state index in [0.29, 0.717) is 18.5 Å². The molecule has 24 heavy (non-hydrogen) atoms. The zero-order valence-corrected chi connectivity index (χ0v) is 15.1. The van der Waals surface area contributed by atoms with Crippen molar-refractivity contribution in [2.75, 3.05) is 13.1 Å². The molecule has 1 aliphatic heterocycles. The fraction of sp³-hybridized carbons (Fsp3) is 0.421. The molecule has 1 fully saturated rings. The van der Waals surface area contributed by atoms with E-state index in [1.165, 1.54) is 0 Å². The van der Waals surface area contributed by atoms with Crippen LogP contribution in [0.15, 0.2) is 42.5 Å². The molecule has 1 aliphatic rings. The van der Waals surface area contributed by atoms with E-state index in [-0.39, 0.29) is 12.5 Å². The molecule has 2 aromatic carbocycles. The van der Waals surface area contributed by atoms with Gasteiger partial charge in [-0.25, -0.2) is 8.42 Å².